The van der Waals surface area contributed by atoms with Gasteiger partial charge in [-0.2, -0.15) is 5.10 Å². The molecule has 1 aromatic carbocycles. The predicted octanol–water partition coefficient (Wildman–Crippen LogP) is 3.58. The highest BCUT2D eigenvalue weighted by Crippen LogP contribution is 2.41. The molecule has 28 heavy (non-hydrogen) atoms. The van der Waals surface area contributed by atoms with Crippen LogP contribution in [0.3, 0.4) is 0 Å². The second kappa shape index (κ2) is 7.75. The average molecular weight is 394 g/mol. The fourth-order valence-electron chi connectivity index (χ4n) is 3.69. The zero-order valence-electron chi connectivity index (χ0n) is 16.0. The monoisotopic (exact) mass is 393 g/mol. The number of rotatable bonds is 5. The van der Waals surface area contributed by atoms with Gasteiger partial charge in [-0.15, -0.1) is 0 Å². The third-order valence-electron chi connectivity index (χ3n) is 4.89. The lowest BCUT2D eigenvalue weighted by Gasteiger charge is -2.36. The Morgan fingerprint density at radius 3 is 2.71 bits per heavy atom. The van der Waals surface area contributed by atoms with Crippen LogP contribution in [0.25, 0.3) is 5.69 Å². The van der Waals surface area contributed by atoms with Crippen molar-refractivity contribution in [3.63, 3.8) is 0 Å². The molecule has 3 aromatic rings. The molecule has 2 heterocycles. The van der Waals surface area contributed by atoms with Crippen LogP contribution >= 0.6 is 11.8 Å². The van der Waals surface area contributed by atoms with Crippen molar-refractivity contribution in [2.75, 3.05) is 5.75 Å². The molecule has 1 atom stereocenters. The maximum absolute atomic E-state index is 12.6. The van der Waals surface area contributed by atoms with Gasteiger partial charge in [0.15, 0.2) is 5.16 Å². The molecule has 0 radical (unpaired) electrons. The molecule has 4 rings (SSSR count). The molecule has 6 nitrogen and oxygen atoms in total. The topological polar surface area (TPSA) is 72.7 Å². The molecule has 2 aromatic heterocycles. The lowest BCUT2D eigenvalue weighted by atomic mass is 9.74. The first-order chi connectivity index (χ1) is 13.5. The van der Waals surface area contributed by atoms with Crippen LogP contribution in [0.5, 0.6) is 0 Å². The highest BCUT2D eigenvalue weighted by molar-refractivity contribution is 7.99. The van der Waals surface area contributed by atoms with E-state index in [4.69, 9.17) is 0 Å². The summed E-state index contributed by atoms with van der Waals surface area (Å²) in [5, 5.41) is 8.43. The molecular weight excluding hydrogens is 370 g/mol. The lowest BCUT2D eigenvalue weighted by Crippen LogP contribution is -2.37. The van der Waals surface area contributed by atoms with Crippen LogP contribution < -0.4 is 5.32 Å². The van der Waals surface area contributed by atoms with Crippen molar-refractivity contribution in [2.45, 2.75) is 37.9 Å². The maximum atomic E-state index is 12.6. The first kappa shape index (κ1) is 18.7. The summed E-state index contributed by atoms with van der Waals surface area (Å²) in [7, 11) is 0. The number of carbonyl (C=O) groups is 1. The summed E-state index contributed by atoms with van der Waals surface area (Å²) < 4.78 is 2.00. The second-order valence-corrected chi connectivity index (χ2v) is 8.72. The number of hydrogen-bond acceptors (Lipinski definition) is 5. The smallest absolute Gasteiger partial charge is 0.230 e. The van der Waals surface area contributed by atoms with Gasteiger partial charge in [0.25, 0.3) is 0 Å². The first-order valence-corrected chi connectivity index (χ1v) is 10.3. The predicted molar refractivity (Wildman–Crippen MR) is 109 cm³/mol. The SMILES string of the molecule is CC1(C)Cc2c(cnn2-c2ccccc2)C(NC(=O)CSc2ncccn2)C1. The van der Waals surface area contributed by atoms with Gasteiger partial charge in [0.2, 0.25) is 5.91 Å². The molecule has 0 aliphatic heterocycles. The number of benzene rings is 1. The van der Waals surface area contributed by atoms with E-state index in [2.05, 4.69) is 46.4 Å². The summed E-state index contributed by atoms with van der Waals surface area (Å²) in [5.41, 5.74) is 3.40. The van der Waals surface area contributed by atoms with Crippen molar-refractivity contribution in [1.82, 2.24) is 25.1 Å². The molecule has 1 N–H and O–H groups in total. The molecule has 7 heteroatoms. The van der Waals surface area contributed by atoms with Crippen molar-refractivity contribution in [2.24, 2.45) is 5.41 Å². The van der Waals surface area contributed by atoms with Gasteiger partial charge in [-0.05, 0) is 36.5 Å². The Labute approximate surface area is 168 Å². The largest absolute Gasteiger partial charge is 0.348 e. The molecule has 1 amide bonds. The van der Waals surface area contributed by atoms with Gasteiger partial charge in [0.05, 0.1) is 29.4 Å². The standard InChI is InChI=1S/C21H23N5OS/c1-21(2)11-17(25-19(27)14-28-20-22-9-6-10-23-20)16-13-24-26(18(16)12-21)15-7-4-3-5-8-15/h3-10,13,17H,11-12,14H2,1-2H3,(H,25,27). The summed E-state index contributed by atoms with van der Waals surface area (Å²) in [5.74, 6) is 0.280. The van der Waals surface area contributed by atoms with E-state index in [1.54, 1.807) is 18.5 Å². The minimum Gasteiger partial charge on any atom is -0.348 e. The lowest BCUT2D eigenvalue weighted by molar-refractivity contribution is -0.119. The number of hydrogen-bond donors (Lipinski definition) is 1. The van der Waals surface area contributed by atoms with Gasteiger partial charge < -0.3 is 5.32 Å². The molecule has 0 saturated carbocycles. The van der Waals surface area contributed by atoms with E-state index in [1.165, 1.54) is 17.5 Å². The Morgan fingerprint density at radius 1 is 1.21 bits per heavy atom. The fraction of sp³-hybridized carbons (Fsp3) is 0.333. The van der Waals surface area contributed by atoms with Gasteiger partial charge >= 0.3 is 0 Å². The van der Waals surface area contributed by atoms with Crippen LogP contribution in [0.2, 0.25) is 0 Å². The molecule has 0 bridgehead atoms. The Kier molecular flexibility index (Phi) is 5.17. The Hall–Kier alpha value is -2.67. The van der Waals surface area contributed by atoms with Crippen LogP contribution in [-0.4, -0.2) is 31.4 Å². The van der Waals surface area contributed by atoms with E-state index in [0.717, 1.165) is 24.1 Å². The van der Waals surface area contributed by atoms with Crippen molar-refractivity contribution < 1.29 is 4.79 Å². The summed E-state index contributed by atoms with van der Waals surface area (Å²) in [6, 6.07) is 11.9. The number of para-hydroxylation sites is 1. The van der Waals surface area contributed by atoms with Gasteiger partial charge in [-0.3, -0.25) is 4.79 Å². The van der Waals surface area contributed by atoms with E-state index in [-0.39, 0.29) is 17.4 Å². The van der Waals surface area contributed by atoms with E-state index in [9.17, 15) is 4.79 Å². The Bertz CT molecular complexity index is 955. The maximum Gasteiger partial charge on any atom is 0.230 e. The normalized spacial score (nSPS) is 17.7. The van der Waals surface area contributed by atoms with Crippen molar-refractivity contribution in [3.05, 3.63) is 66.2 Å². The molecule has 0 saturated heterocycles. The Balaban J connectivity index is 1.52. The zero-order chi connectivity index (χ0) is 19.6. The molecular formula is C21H23N5OS. The molecule has 0 fully saturated rings. The number of thioether (sulfide) groups is 1. The first-order valence-electron chi connectivity index (χ1n) is 9.33. The number of amides is 1. The third-order valence-corrected chi connectivity index (χ3v) is 5.77. The van der Waals surface area contributed by atoms with Gasteiger partial charge in [-0.25, -0.2) is 14.6 Å². The number of nitrogens with zero attached hydrogens (tertiary/aromatic N) is 4. The highest BCUT2D eigenvalue weighted by Gasteiger charge is 2.36. The Morgan fingerprint density at radius 2 is 1.96 bits per heavy atom. The van der Waals surface area contributed by atoms with Crippen molar-refractivity contribution in [1.29, 1.82) is 0 Å². The van der Waals surface area contributed by atoms with Crippen molar-refractivity contribution in [3.8, 4) is 5.69 Å². The van der Waals surface area contributed by atoms with Crippen molar-refractivity contribution >= 4 is 17.7 Å². The van der Waals surface area contributed by atoms with Gasteiger partial charge in [0, 0.05) is 18.0 Å². The number of carbonyl (C=O) groups excluding carboxylic acids is 1. The number of fused-ring (bicyclic) bond motifs is 1. The van der Waals surface area contributed by atoms with Crippen LogP contribution in [0.1, 0.15) is 37.6 Å². The average Bonchev–Trinajstić information content (AvgIpc) is 3.10. The minimum atomic E-state index is -0.0407. The molecule has 1 unspecified atom stereocenters. The summed E-state index contributed by atoms with van der Waals surface area (Å²) in [6.07, 6.45) is 7.08. The fourth-order valence-corrected chi connectivity index (χ4v) is 4.30. The van der Waals surface area contributed by atoms with E-state index >= 15 is 0 Å². The van der Waals surface area contributed by atoms with E-state index < -0.39 is 0 Å². The van der Waals surface area contributed by atoms with Gasteiger partial charge in [0.1, 0.15) is 0 Å². The zero-order valence-corrected chi connectivity index (χ0v) is 16.8. The van der Waals surface area contributed by atoms with Crippen LogP contribution in [0.4, 0.5) is 0 Å². The second-order valence-electron chi connectivity index (χ2n) is 7.78. The summed E-state index contributed by atoms with van der Waals surface area (Å²) in [4.78, 5) is 20.9. The van der Waals surface area contributed by atoms with E-state index in [0.29, 0.717) is 10.9 Å². The van der Waals surface area contributed by atoms with Crippen LogP contribution in [0, 0.1) is 5.41 Å². The minimum absolute atomic E-state index is 0.0152. The van der Waals surface area contributed by atoms with Crippen LogP contribution in [0.15, 0.2) is 60.1 Å². The molecule has 0 spiro atoms. The highest BCUT2D eigenvalue weighted by atomic mass is 32.2. The molecule has 1 aliphatic carbocycles. The van der Waals surface area contributed by atoms with Gasteiger partial charge in [-0.1, -0.05) is 43.8 Å². The summed E-state index contributed by atoms with van der Waals surface area (Å²) >= 11 is 1.35. The number of nitrogens with one attached hydrogen (secondary N) is 1. The van der Waals surface area contributed by atoms with Crippen LogP contribution in [-0.2, 0) is 11.2 Å². The number of aromatic nitrogens is 4. The molecule has 144 valence electrons. The van der Waals surface area contributed by atoms with E-state index in [1.807, 2.05) is 29.1 Å². The summed E-state index contributed by atoms with van der Waals surface area (Å²) in [6.45, 7) is 4.48. The third kappa shape index (κ3) is 4.09. The molecule has 1 aliphatic rings. The quantitative estimate of drug-likeness (QED) is 0.530.